The summed E-state index contributed by atoms with van der Waals surface area (Å²) in [6.45, 7) is 2.23. The Balaban J connectivity index is 2.14. The van der Waals surface area contributed by atoms with Crippen molar-refractivity contribution in [1.29, 1.82) is 0 Å². The van der Waals surface area contributed by atoms with Gasteiger partial charge in [-0.15, -0.1) is 11.3 Å². The number of urea groups is 1. The van der Waals surface area contributed by atoms with Gasteiger partial charge < -0.3 is 15.4 Å². The molecule has 0 aliphatic heterocycles. The van der Waals surface area contributed by atoms with Crippen LogP contribution in [0.25, 0.3) is 0 Å². The molecule has 0 radical (unpaired) electrons. The predicted octanol–water partition coefficient (Wildman–Crippen LogP) is 0.505. The molecule has 2 amide bonds. The standard InChI is InChI=1S/C9H13N3O3S/c1-2-15-8(13)4-11-9(14)10-3-7-5-16-6-12-7/h5-6H,2-4H2,1H3,(H2,10,11,14). The lowest BCUT2D eigenvalue weighted by atomic mass is 10.5. The molecule has 0 spiro atoms. The van der Waals surface area contributed by atoms with Crippen LogP contribution < -0.4 is 10.6 Å². The summed E-state index contributed by atoms with van der Waals surface area (Å²) in [7, 11) is 0. The lowest BCUT2D eigenvalue weighted by molar-refractivity contribution is -0.141. The van der Waals surface area contributed by atoms with E-state index in [0.717, 1.165) is 5.69 Å². The summed E-state index contributed by atoms with van der Waals surface area (Å²) in [5.74, 6) is -0.452. The lowest BCUT2D eigenvalue weighted by Crippen LogP contribution is -2.38. The van der Waals surface area contributed by atoms with Gasteiger partial charge in [-0.25, -0.2) is 9.78 Å². The van der Waals surface area contributed by atoms with Crippen molar-refractivity contribution < 1.29 is 14.3 Å². The Morgan fingerprint density at radius 1 is 1.50 bits per heavy atom. The van der Waals surface area contributed by atoms with Crippen LogP contribution in [0.1, 0.15) is 12.6 Å². The molecule has 0 unspecified atom stereocenters. The van der Waals surface area contributed by atoms with Crippen LogP contribution in [0.15, 0.2) is 10.9 Å². The molecule has 1 aromatic rings. The molecule has 2 N–H and O–H groups in total. The zero-order valence-electron chi connectivity index (χ0n) is 8.86. The highest BCUT2D eigenvalue weighted by molar-refractivity contribution is 7.07. The molecule has 0 atom stereocenters. The SMILES string of the molecule is CCOC(=O)CNC(=O)NCc1cscn1. The van der Waals surface area contributed by atoms with Crippen LogP contribution in [0.2, 0.25) is 0 Å². The smallest absolute Gasteiger partial charge is 0.325 e. The molecule has 0 bridgehead atoms. The maximum Gasteiger partial charge on any atom is 0.325 e. The highest BCUT2D eigenvalue weighted by Gasteiger charge is 2.05. The van der Waals surface area contributed by atoms with E-state index in [1.54, 1.807) is 12.4 Å². The van der Waals surface area contributed by atoms with Crippen molar-refractivity contribution in [2.75, 3.05) is 13.2 Å². The third-order valence-electron chi connectivity index (χ3n) is 1.61. The number of ether oxygens (including phenoxy) is 1. The molecule has 6 nitrogen and oxygen atoms in total. The van der Waals surface area contributed by atoms with Crippen LogP contribution in [0.4, 0.5) is 4.79 Å². The van der Waals surface area contributed by atoms with E-state index in [4.69, 9.17) is 0 Å². The second-order valence-electron chi connectivity index (χ2n) is 2.82. The van der Waals surface area contributed by atoms with Crippen LogP contribution >= 0.6 is 11.3 Å². The van der Waals surface area contributed by atoms with Gasteiger partial charge in [0.25, 0.3) is 0 Å². The van der Waals surface area contributed by atoms with Gasteiger partial charge in [-0.3, -0.25) is 4.79 Å². The first kappa shape index (κ1) is 12.4. The second-order valence-corrected chi connectivity index (χ2v) is 3.54. The van der Waals surface area contributed by atoms with E-state index >= 15 is 0 Å². The van der Waals surface area contributed by atoms with Crippen molar-refractivity contribution in [1.82, 2.24) is 15.6 Å². The molecule has 0 aromatic carbocycles. The molecule has 16 heavy (non-hydrogen) atoms. The van der Waals surface area contributed by atoms with Gasteiger partial charge in [0.1, 0.15) is 6.54 Å². The Labute approximate surface area is 97.0 Å². The summed E-state index contributed by atoms with van der Waals surface area (Å²) in [5, 5.41) is 6.79. The Morgan fingerprint density at radius 2 is 2.31 bits per heavy atom. The highest BCUT2D eigenvalue weighted by atomic mass is 32.1. The van der Waals surface area contributed by atoms with Gasteiger partial charge in [0, 0.05) is 5.38 Å². The summed E-state index contributed by atoms with van der Waals surface area (Å²) in [4.78, 5) is 26.1. The van der Waals surface area contributed by atoms with Crippen LogP contribution in [0.5, 0.6) is 0 Å². The molecule has 0 saturated carbocycles. The molecular formula is C9H13N3O3S. The quantitative estimate of drug-likeness (QED) is 0.738. The van der Waals surface area contributed by atoms with E-state index < -0.39 is 12.0 Å². The summed E-state index contributed by atoms with van der Waals surface area (Å²) in [5.41, 5.74) is 2.48. The maximum atomic E-state index is 11.2. The molecule has 0 aliphatic rings. The third kappa shape index (κ3) is 4.74. The number of rotatable bonds is 5. The van der Waals surface area contributed by atoms with Crippen LogP contribution in [-0.2, 0) is 16.1 Å². The first-order chi connectivity index (χ1) is 7.72. The molecule has 0 aliphatic carbocycles. The number of carbonyl (C=O) groups excluding carboxylic acids is 2. The maximum absolute atomic E-state index is 11.2. The van der Waals surface area contributed by atoms with E-state index in [0.29, 0.717) is 13.2 Å². The van der Waals surface area contributed by atoms with Crippen molar-refractivity contribution in [2.24, 2.45) is 0 Å². The minimum atomic E-state index is -0.452. The topological polar surface area (TPSA) is 80.3 Å². The number of aromatic nitrogens is 1. The van der Waals surface area contributed by atoms with E-state index in [9.17, 15) is 9.59 Å². The summed E-state index contributed by atoms with van der Waals surface area (Å²) < 4.78 is 4.65. The normalized spacial score (nSPS) is 9.56. The Bertz CT molecular complexity index is 340. The van der Waals surface area contributed by atoms with Gasteiger partial charge >= 0.3 is 12.0 Å². The van der Waals surface area contributed by atoms with Gasteiger partial charge in [0.15, 0.2) is 0 Å². The number of thiazole rings is 1. The van der Waals surface area contributed by atoms with Gasteiger partial charge in [0.05, 0.1) is 24.4 Å². The van der Waals surface area contributed by atoms with Crippen molar-refractivity contribution >= 4 is 23.3 Å². The average molecular weight is 243 g/mol. The van der Waals surface area contributed by atoms with Gasteiger partial charge in [-0.2, -0.15) is 0 Å². The van der Waals surface area contributed by atoms with E-state index in [-0.39, 0.29) is 6.54 Å². The first-order valence-corrected chi connectivity index (χ1v) is 5.71. The molecule has 0 saturated heterocycles. The number of hydrogen-bond donors (Lipinski definition) is 2. The Hall–Kier alpha value is -1.63. The van der Waals surface area contributed by atoms with Crippen molar-refractivity contribution in [3.63, 3.8) is 0 Å². The zero-order valence-corrected chi connectivity index (χ0v) is 9.67. The fourth-order valence-corrected chi connectivity index (χ4v) is 1.48. The first-order valence-electron chi connectivity index (χ1n) is 4.76. The molecule has 1 rings (SSSR count). The Morgan fingerprint density at radius 3 is 2.94 bits per heavy atom. The number of carbonyl (C=O) groups is 2. The summed E-state index contributed by atoms with van der Waals surface area (Å²) in [6.07, 6.45) is 0. The van der Waals surface area contributed by atoms with Crippen LogP contribution in [0, 0.1) is 0 Å². The average Bonchev–Trinajstić information content (AvgIpc) is 2.77. The van der Waals surface area contributed by atoms with E-state index in [1.165, 1.54) is 11.3 Å². The zero-order chi connectivity index (χ0) is 11.8. The predicted molar refractivity (Wildman–Crippen MR) is 59.0 cm³/mol. The van der Waals surface area contributed by atoms with Gasteiger partial charge in [-0.05, 0) is 6.92 Å². The summed E-state index contributed by atoms with van der Waals surface area (Å²) in [6, 6.07) is -0.416. The fourth-order valence-electron chi connectivity index (χ4n) is 0.923. The monoisotopic (exact) mass is 243 g/mol. The third-order valence-corrected chi connectivity index (χ3v) is 2.25. The minimum absolute atomic E-state index is 0.128. The molecular weight excluding hydrogens is 230 g/mol. The van der Waals surface area contributed by atoms with Crippen molar-refractivity contribution in [2.45, 2.75) is 13.5 Å². The Kier molecular flexibility index (Phi) is 5.27. The van der Waals surface area contributed by atoms with Gasteiger partial charge in [-0.1, -0.05) is 0 Å². The largest absolute Gasteiger partial charge is 0.465 e. The van der Waals surface area contributed by atoms with E-state index in [2.05, 4.69) is 20.4 Å². The lowest BCUT2D eigenvalue weighted by Gasteiger charge is -2.05. The number of esters is 1. The number of nitrogens with one attached hydrogen (secondary N) is 2. The van der Waals surface area contributed by atoms with Gasteiger partial charge in [0.2, 0.25) is 0 Å². The van der Waals surface area contributed by atoms with Crippen LogP contribution in [0.3, 0.4) is 0 Å². The molecule has 7 heteroatoms. The molecule has 88 valence electrons. The number of nitrogens with zero attached hydrogens (tertiary/aromatic N) is 1. The summed E-state index contributed by atoms with van der Waals surface area (Å²) >= 11 is 1.46. The fraction of sp³-hybridized carbons (Fsp3) is 0.444. The van der Waals surface area contributed by atoms with Crippen molar-refractivity contribution in [3.8, 4) is 0 Å². The highest BCUT2D eigenvalue weighted by Crippen LogP contribution is 1.99. The van der Waals surface area contributed by atoms with Crippen LogP contribution in [-0.4, -0.2) is 30.1 Å². The van der Waals surface area contributed by atoms with E-state index in [1.807, 2.05) is 5.38 Å². The molecule has 1 aromatic heterocycles. The number of amides is 2. The molecule has 0 fully saturated rings. The number of hydrogen-bond acceptors (Lipinski definition) is 5. The second kappa shape index (κ2) is 6.78. The van der Waals surface area contributed by atoms with Crippen molar-refractivity contribution in [3.05, 3.63) is 16.6 Å². The molecule has 1 heterocycles. The minimum Gasteiger partial charge on any atom is -0.465 e.